The van der Waals surface area contributed by atoms with Gasteiger partial charge in [0.1, 0.15) is 42.3 Å². The molecule has 9 aromatic heterocycles. The molecular formula is C65H86Br2N22S4. The zero-order chi connectivity index (χ0) is 66.0. The van der Waals surface area contributed by atoms with Crippen molar-refractivity contribution in [3.05, 3.63) is 210 Å². The lowest BCUT2D eigenvalue weighted by atomic mass is 10.2. The normalized spacial score (nSPS) is 13.1. The van der Waals surface area contributed by atoms with Crippen molar-refractivity contribution in [3.63, 3.8) is 0 Å². The third kappa shape index (κ3) is 29.5. The third-order valence-electron chi connectivity index (χ3n) is 13.3. The van der Waals surface area contributed by atoms with Crippen LogP contribution in [-0.2, 0) is 11.9 Å². The first-order valence-corrected chi connectivity index (χ1v) is 32.8. The zero-order valence-corrected chi connectivity index (χ0v) is 60.6. The molecule has 93 heavy (non-hydrogen) atoms. The molecule has 3 saturated heterocycles. The molecule has 3 aliphatic rings. The van der Waals surface area contributed by atoms with E-state index in [0.717, 1.165) is 158 Å². The fourth-order valence-electron chi connectivity index (χ4n) is 9.18. The van der Waals surface area contributed by atoms with Gasteiger partial charge in [0.15, 0.2) is 20.4 Å². The second kappa shape index (κ2) is 41.9. The molecule has 0 aliphatic carbocycles. The SMILES string of the molecule is Br.BrCc1ccccn1.C1CNCCN1.Cc1cc(C)nc(N)c1.Cc1cc(C)nc(NC(=S)N2CCN(Cc3ccccn3)CC2)c1.Cc1cc(C)nc(NC(=S)N2CCNCC2)c1.Cc1cc(C)nc(NC(=S)n2ccnc2)c1.S=C(n1ccnc1)n1ccnc1. The number of alkyl halides is 1. The van der Waals surface area contributed by atoms with E-state index in [1.165, 1.54) is 16.7 Å². The van der Waals surface area contributed by atoms with Crippen LogP contribution in [0, 0.1) is 55.4 Å². The molecule has 3 fully saturated rings. The number of hydrogen-bond acceptors (Lipinski definition) is 18. The van der Waals surface area contributed by atoms with Crippen LogP contribution in [0.15, 0.2) is 153 Å². The first kappa shape index (κ1) is 76.2. The number of nitrogens with two attached hydrogens (primary N) is 1. The lowest BCUT2D eigenvalue weighted by molar-refractivity contribution is 0.175. The Balaban J connectivity index is 0.000000205. The van der Waals surface area contributed by atoms with E-state index in [9.17, 15) is 0 Å². The van der Waals surface area contributed by atoms with E-state index < -0.39 is 0 Å². The smallest absolute Gasteiger partial charge is 0.190 e. The lowest BCUT2D eigenvalue weighted by Gasteiger charge is -2.36. The Morgan fingerprint density at radius 3 is 1.20 bits per heavy atom. The number of aryl methyl sites for hydroxylation is 8. The molecule has 0 aromatic carbocycles. The van der Waals surface area contributed by atoms with Gasteiger partial charge >= 0.3 is 0 Å². The molecule has 12 rings (SSSR count). The average molecular weight is 1460 g/mol. The summed E-state index contributed by atoms with van der Waals surface area (Å²) in [5, 5.41) is 22.9. The minimum Gasteiger partial charge on any atom is -0.384 e. The highest BCUT2D eigenvalue weighted by Crippen LogP contribution is 2.15. The maximum Gasteiger partial charge on any atom is 0.190 e. The number of pyridine rings is 6. The van der Waals surface area contributed by atoms with Gasteiger partial charge < -0.3 is 47.4 Å². The minimum absolute atomic E-state index is 0. The number of piperazine rings is 3. The van der Waals surface area contributed by atoms with Gasteiger partial charge in [-0.15, -0.1) is 17.0 Å². The Bertz CT molecular complexity index is 3470. The van der Waals surface area contributed by atoms with Crippen LogP contribution in [0.3, 0.4) is 0 Å². The largest absolute Gasteiger partial charge is 0.384 e. The van der Waals surface area contributed by atoms with E-state index >= 15 is 0 Å². The van der Waals surface area contributed by atoms with Crippen molar-refractivity contribution in [1.29, 1.82) is 0 Å². The van der Waals surface area contributed by atoms with Gasteiger partial charge in [0.25, 0.3) is 0 Å². The first-order valence-electron chi connectivity index (χ1n) is 30.1. The van der Waals surface area contributed by atoms with Gasteiger partial charge in [-0.05, 0) is 199 Å². The van der Waals surface area contributed by atoms with Crippen LogP contribution >= 0.6 is 81.8 Å². The zero-order valence-electron chi connectivity index (χ0n) is 54.0. The molecule has 9 aromatic rings. The quantitative estimate of drug-likeness (QED) is 0.0605. The minimum atomic E-state index is 0. The number of nitrogens with one attached hydrogen (secondary N) is 6. The van der Waals surface area contributed by atoms with Crippen molar-refractivity contribution in [2.45, 2.75) is 67.3 Å². The second-order valence-electron chi connectivity index (χ2n) is 21.5. The van der Waals surface area contributed by atoms with Gasteiger partial charge in [-0.1, -0.05) is 28.1 Å². The molecule has 0 unspecified atom stereocenters. The van der Waals surface area contributed by atoms with Crippen LogP contribution in [0.25, 0.3) is 0 Å². The Kier molecular flexibility index (Phi) is 34.4. The van der Waals surface area contributed by atoms with Crippen LogP contribution in [0.1, 0.15) is 56.4 Å². The monoisotopic (exact) mass is 1460 g/mol. The van der Waals surface area contributed by atoms with Crippen molar-refractivity contribution in [3.8, 4) is 0 Å². The van der Waals surface area contributed by atoms with Gasteiger partial charge in [0.05, 0.1) is 11.4 Å². The summed E-state index contributed by atoms with van der Waals surface area (Å²) in [5.41, 5.74) is 16.3. The summed E-state index contributed by atoms with van der Waals surface area (Å²) in [7, 11) is 0. The number of nitrogen functional groups attached to an aromatic ring is 1. The van der Waals surface area contributed by atoms with Gasteiger partial charge in [0.2, 0.25) is 0 Å². The fourth-order valence-corrected chi connectivity index (χ4v) is 10.5. The number of thiocarbonyl (C=S) groups is 4. The molecule has 494 valence electrons. The van der Waals surface area contributed by atoms with Crippen molar-refractivity contribution >= 4 is 126 Å². The van der Waals surface area contributed by atoms with E-state index in [4.69, 9.17) is 54.6 Å². The van der Waals surface area contributed by atoms with Crippen LogP contribution in [0.5, 0.6) is 0 Å². The summed E-state index contributed by atoms with van der Waals surface area (Å²) in [4.78, 5) is 44.3. The number of nitrogens with zero attached hydrogens (tertiary/aromatic N) is 15. The van der Waals surface area contributed by atoms with Crippen molar-refractivity contribution < 1.29 is 0 Å². The van der Waals surface area contributed by atoms with E-state index in [0.29, 0.717) is 16.0 Å². The number of aromatic nitrogens is 12. The summed E-state index contributed by atoms with van der Waals surface area (Å²) in [6.07, 6.45) is 19.0. The van der Waals surface area contributed by atoms with Crippen LogP contribution < -0.4 is 37.6 Å². The summed E-state index contributed by atoms with van der Waals surface area (Å²) in [5.74, 6) is 3.03. The van der Waals surface area contributed by atoms with Crippen molar-refractivity contribution in [2.75, 3.05) is 100 Å². The Morgan fingerprint density at radius 1 is 0.462 bits per heavy atom. The predicted molar refractivity (Wildman–Crippen MR) is 402 cm³/mol. The van der Waals surface area contributed by atoms with Crippen molar-refractivity contribution in [1.82, 2.24) is 89.2 Å². The molecule has 0 bridgehead atoms. The number of imidazole rings is 3. The van der Waals surface area contributed by atoms with E-state index in [2.05, 4.69) is 139 Å². The molecular weight excluding hydrogens is 1380 g/mol. The molecule has 8 N–H and O–H groups in total. The summed E-state index contributed by atoms with van der Waals surface area (Å²) in [6, 6.07) is 27.9. The van der Waals surface area contributed by atoms with E-state index in [-0.39, 0.29) is 17.0 Å². The molecule has 0 saturated carbocycles. The lowest BCUT2D eigenvalue weighted by Crippen LogP contribution is -2.49. The van der Waals surface area contributed by atoms with Gasteiger partial charge in [-0.25, -0.2) is 34.9 Å². The highest BCUT2D eigenvalue weighted by molar-refractivity contribution is 9.08. The third-order valence-corrected chi connectivity index (χ3v) is 15.3. The molecule has 22 nitrogen and oxygen atoms in total. The van der Waals surface area contributed by atoms with E-state index in [1.54, 1.807) is 76.1 Å². The summed E-state index contributed by atoms with van der Waals surface area (Å²) < 4.78 is 5.22. The molecule has 3 aliphatic heterocycles. The Morgan fingerprint density at radius 2 is 0.849 bits per heavy atom. The summed E-state index contributed by atoms with van der Waals surface area (Å²) >= 11 is 24.6. The number of rotatable bonds is 6. The molecule has 0 amide bonds. The molecule has 0 radical (unpaired) electrons. The number of halogens is 2. The molecule has 0 atom stereocenters. The van der Waals surface area contributed by atoms with Gasteiger partial charge in [0, 0.05) is 163 Å². The summed E-state index contributed by atoms with van der Waals surface area (Å²) in [6.45, 7) is 29.2. The van der Waals surface area contributed by atoms with E-state index in [1.807, 2.05) is 114 Å². The number of hydrogen-bond donors (Lipinski definition) is 7. The van der Waals surface area contributed by atoms with Gasteiger partial charge in [-0.2, -0.15) is 0 Å². The van der Waals surface area contributed by atoms with Gasteiger partial charge in [-0.3, -0.25) is 28.6 Å². The predicted octanol–water partition coefficient (Wildman–Crippen LogP) is 9.82. The Hall–Kier alpha value is -7.51. The van der Waals surface area contributed by atoms with Crippen molar-refractivity contribution in [2.24, 2.45) is 0 Å². The standard InChI is InChI=1S/C18H23N5S.C12H18N4S.C11H12N4S.C7H6N4S.C7H10N2.C6H6BrN.C4H10N2.BrH/c1-14-11-15(2)20-17(12-14)21-18(24)23-9-7-22(8-10-23)13-16-5-3-4-6-19-16;1-9-7-10(2)14-11(8-9)15-12(17)16-5-3-13-4-6-16;1-8-5-9(2)13-10(6-8)14-11(16)15-4-3-12-7-15;12-7(10-3-1-8-5-10)11-4-2-9-6-11;1-5-3-6(2)9-7(8)4-5;7-5-6-3-1-2-4-8-6;1-2-6-4-3-5-1;/h3-6,11-12H,7-10,13H2,1-2H3,(H,20,21,24);7-8,13H,3-6H2,1-2H3,(H,14,15,17);3-7H,1-2H3,(H,13,14,16);1-6H;3-4H,1-2H3,(H2,8,9);1-4H,5H2;5-6H,1-4H2;1H. The van der Waals surface area contributed by atoms with Crippen LogP contribution in [0.2, 0.25) is 0 Å². The average Bonchev–Trinajstić information content (AvgIpc) is 3.34. The fraction of sp³-hybridized carbons (Fsp3) is 0.338. The maximum absolute atomic E-state index is 5.55. The van der Waals surface area contributed by atoms with Crippen LogP contribution in [-0.4, -0.2) is 172 Å². The first-order chi connectivity index (χ1) is 44.4. The van der Waals surface area contributed by atoms with Crippen LogP contribution in [0.4, 0.5) is 23.3 Å². The second-order valence-corrected chi connectivity index (χ2v) is 23.6. The number of anilines is 4. The molecule has 0 spiro atoms. The highest BCUT2D eigenvalue weighted by atomic mass is 79.9. The Labute approximate surface area is 587 Å². The highest BCUT2D eigenvalue weighted by Gasteiger charge is 2.20. The maximum atomic E-state index is 5.55. The molecule has 28 heteroatoms. The molecule has 12 heterocycles. The topological polar surface area (TPSA) is 239 Å².